The standard InChI is InChI=1S/C16H25N7OS/c1-4-6-12-11-14(21(3)19-12)18-15(24)22-7-9-23(10-8-22)16-17-13(5-2)20-25-16/h11H,4-10H2,1-3H3,(H,18,24). The van der Waals surface area contributed by atoms with Crippen molar-refractivity contribution in [2.75, 3.05) is 36.4 Å². The predicted octanol–water partition coefficient (Wildman–Crippen LogP) is 2.14. The molecule has 9 heteroatoms. The van der Waals surface area contributed by atoms with Crippen molar-refractivity contribution in [3.8, 4) is 0 Å². The molecule has 0 bridgehead atoms. The molecule has 1 fully saturated rings. The first-order valence-corrected chi connectivity index (χ1v) is 9.54. The van der Waals surface area contributed by atoms with Crippen LogP contribution in [0, 0.1) is 0 Å². The highest BCUT2D eigenvalue weighted by molar-refractivity contribution is 7.09. The van der Waals surface area contributed by atoms with Crippen molar-refractivity contribution in [2.24, 2.45) is 7.05 Å². The Morgan fingerprint density at radius 3 is 2.68 bits per heavy atom. The van der Waals surface area contributed by atoms with Crippen LogP contribution < -0.4 is 10.2 Å². The van der Waals surface area contributed by atoms with Crippen molar-refractivity contribution in [1.82, 2.24) is 24.0 Å². The third-order valence-electron chi connectivity index (χ3n) is 4.28. The molecule has 1 aliphatic rings. The van der Waals surface area contributed by atoms with Crippen LogP contribution in [0.3, 0.4) is 0 Å². The lowest BCUT2D eigenvalue weighted by Crippen LogP contribution is -2.50. The second-order valence-electron chi connectivity index (χ2n) is 6.15. The molecule has 2 amide bonds. The number of nitrogens with zero attached hydrogens (tertiary/aromatic N) is 6. The van der Waals surface area contributed by atoms with E-state index in [-0.39, 0.29) is 6.03 Å². The summed E-state index contributed by atoms with van der Waals surface area (Å²) in [5.74, 6) is 1.63. The van der Waals surface area contributed by atoms with Crippen LogP contribution in [0.15, 0.2) is 6.07 Å². The van der Waals surface area contributed by atoms with Gasteiger partial charge in [-0.25, -0.2) is 9.78 Å². The van der Waals surface area contributed by atoms with E-state index in [0.29, 0.717) is 13.1 Å². The number of aromatic nitrogens is 4. The maximum absolute atomic E-state index is 12.5. The zero-order valence-electron chi connectivity index (χ0n) is 15.0. The lowest BCUT2D eigenvalue weighted by molar-refractivity contribution is 0.208. The van der Waals surface area contributed by atoms with Crippen LogP contribution >= 0.6 is 11.5 Å². The van der Waals surface area contributed by atoms with Gasteiger partial charge in [0.05, 0.1) is 5.69 Å². The van der Waals surface area contributed by atoms with Crippen molar-refractivity contribution in [2.45, 2.75) is 33.1 Å². The number of amides is 2. The van der Waals surface area contributed by atoms with E-state index in [0.717, 1.165) is 54.8 Å². The van der Waals surface area contributed by atoms with Gasteiger partial charge in [-0.3, -0.25) is 10.00 Å². The van der Waals surface area contributed by atoms with E-state index in [4.69, 9.17) is 0 Å². The van der Waals surface area contributed by atoms with Crippen LogP contribution in [0.5, 0.6) is 0 Å². The number of piperazine rings is 1. The van der Waals surface area contributed by atoms with E-state index < -0.39 is 0 Å². The average molecular weight is 363 g/mol. The summed E-state index contributed by atoms with van der Waals surface area (Å²) < 4.78 is 6.06. The first-order chi connectivity index (χ1) is 12.1. The molecule has 8 nitrogen and oxygen atoms in total. The Hall–Kier alpha value is -2.16. The van der Waals surface area contributed by atoms with E-state index >= 15 is 0 Å². The molecule has 0 radical (unpaired) electrons. The Morgan fingerprint density at radius 2 is 2.04 bits per heavy atom. The lowest BCUT2D eigenvalue weighted by atomic mass is 10.2. The highest BCUT2D eigenvalue weighted by Crippen LogP contribution is 2.20. The summed E-state index contributed by atoms with van der Waals surface area (Å²) in [6.07, 6.45) is 2.81. The third-order valence-corrected chi connectivity index (χ3v) is 5.10. The molecule has 1 N–H and O–H groups in total. The van der Waals surface area contributed by atoms with Crippen LogP contribution in [0.2, 0.25) is 0 Å². The topological polar surface area (TPSA) is 79.2 Å². The summed E-state index contributed by atoms with van der Waals surface area (Å²) >= 11 is 1.44. The van der Waals surface area contributed by atoms with E-state index in [1.165, 1.54) is 11.5 Å². The van der Waals surface area contributed by atoms with Crippen molar-refractivity contribution >= 4 is 28.5 Å². The van der Waals surface area contributed by atoms with Gasteiger partial charge < -0.3 is 9.80 Å². The van der Waals surface area contributed by atoms with E-state index in [1.54, 1.807) is 4.68 Å². The van der Waals surface area contributed by atoms with Gasteiger partial charge in [-0.05, 0) is 6.42 Å². The van der Waals surface area contributed by atoms with E-state index in [1.807, 2.05) is 18.0 Å². The van der Waals surface area contributed by atoms with Gasteiger partial charge in [0.25, 0.3) is 0 Å². The summed E-state index contributed by atoms with van der Waals surface area (Å²) in [7, 11) is 1.85. The maximum Gasteiger partial charge on any atom is 0.323 e. The minimum atomic E-state index is -0.0720. The second kappa shape index (κ2) is 7.81. The number of rotatable bonds is 5. The highest BCUT2D eigenvalue weighted by atomic mass is 32.1. The van der Waals surface area contributed by atoms with E-state index in [9.17, 15) is 4.79 Å². The number of urea groups is 1. The third kappa shape index (κ3) is 4.09. The van der Waals surface area contributed by atoms with Gasteiger partial charge in [0.1, 0.15) is 11.6 Å². The quantitative estimate of drug-likeness (QED) is 0.880. The summed E-state index contributed by atoms with van der Waals surface area (Å²) in [5.41, 5.74) is 1.01. The molecule has 0 unspecified atom stereocenters. The molecule has 1 aliphatic heterocycles. The molecule has 0 atom stereocenters. The highest BCUT2D eigenvalue weighted by Gasteiger charge is 2.23. The molecule has 0 saturated carbocycles. The Balaban J connectivity index is 1.54. The summed E-state index contributed by atoms with van der Waals surface area (Å²) in [5, 5.41) is 8.34. The van der Waals surface area contributed by atoms with Crippen molar-refractivity contribution in [3.63, 3.8) is 0 Å². The Kier molecular flexibility index (Phi) is 5.52. The fourth-order valence-electron chi connectivity index (χ4n) is 2.83. The van der Waals surface area contributed by atoms with Crippen molar-refractivity contribution in [1.29, 1.82) is 0 Å². The first-order valence-electron chi connectivity index (χ1n) is 8.77. The average Bonchev–Trinajstić information content (AvgIpc) is 3.22. The minimum Gasteiger partial charge on any atom is -0.343 e. The summed E-state index contributed by atoms with van der Waals surface area (Å²) in [6, 6.07) is 1.88. The first kappa shape index (κ1) is 17.7. The fraction of sp³-hybridized carbons (Fsp3) is 0.625. The van der Waals surface area contributed by atoms with Gasteiger partial charge in [-0.2, -0.15) is 9.47 Å². The minimum absolute atomic E-state index is 0.0720. The number of anilines is 2. The van der Waals surface area contributed by atoms with Crippen LogP contribution in [-0.4, -0.2) is 56.2 Å². The molecule has 2 aromatic heterocycles. The second-order valence-corrected chi connectivity index (χ2v) is 6.88. The molecular formula is C16H25N7OS. The monoisotopic (exact) mass is 363 g/mol. The smallest absolute Gasteiger partial charge is 0.323 e. The van der Waals surface area contributed by atoms with Gasteiger partial charge in [0.15, 0.2) is 0 Å². The number of carbonyl (C=O) groups is 1. The van der Waals surface area contributed by atoms with Gasteiger partial charge in [0.2, 0.25) is 5.13 Å². The van der Waals surface area contributed by atoms with Crippen LogP contribution in [-0.2, 0) is 19.9 Å². The van der Waals surface area contributed by atoms with Crippen LogP contribution in [0.1, 0.15) is 31.8 Å². The molecule has 136 valence electrons. The van der Waals surface area contributed by atoms with Gasteiger partial charge >= 0.3 is 6.03 Å². The SMILES string of the molecule is CCCc1cc(NC(=O)N2CCN(c3nc(CC)ns3)CC2)n(C)n1. The predicted molar refractivity (Wildman–Crippen MR) is 99.3 cm³/mol. The zero-order valence-corrected chi connectivity index (χ0v) is 15.8. The molecular weight excluding hydrogens is 338 g/mol. The van der Waals surface area contributed by atoms with Crippen molar-refractivity contribution in [3.05, 3.63) is 17.6 Å². The van der Waals surface area contributed by atoms with Gasteiger partial charge in [-0.1, -0.05) is 20.3 Å². The van der Waals surface area contributed by atoms with Crippen LogP contribution in [0.4, 0.5) is 15.7 Å². The van der Waals surface area contributed by atoms with Crippen LogP contribution in [0.25, 0.3) is 0 Å². The van der Waals surface area contributed by atoms with Crippen molar-refractivity contribution < 1.29 is 4.79 Å². The number of hydrogen-bond donors (Lipinski definition) is 1. The molecule has 0 aromatic carbocycles. The lowest BCUT2D eigenvalue weighted by Gasteiger charge is -2.34. The molecule has 0 aliphatic carbocycles. The zero-order chi connectivity index (χ0) is 17.8. The Morgan fingerprint density at radius 1 is 1.28 bits per heavy atom. The maximum atomic E-state index is 12.5. The molecule has 25 heavy (non-hydrogen) atoms. The largest absolute Gasteiger partial charge is 0.343 e. The number of carbonyl (C=O) groups excluding carboxylic acids is 1. The molecule has 3 rings (SSSR count). The Labute approximate surface area is 152 Å². The molecule has 1 saturated heterocycles. The fourth-order valence-corrected chi connectivity index (χ4v) is 3.63. The normalized spacial score (nSPS) is 14.8. The molecule has 0 spiro atoms. The summed E-state index contributed by atoms with van der Waals surface area (Å²) in [4.78, 5) is 21.1. The Bertz CT molecular complexity index is 718. The van der Waals surface area contributed by atoms with Gasteiger partial charge in [0, 0.05) is 57.2 Å². The summed E-state index contributed by atoms with van der Waals surface area (Å²) in [6.45, 7) is 7.07. The molecule has 2 aromatic rings. The number of aryl methyl sites for hydroxylation is 3. The number of nitrogens with one attached hydrogen (secondary N) is 1. The number of hydrogen-bond acceptors (Lipinski definition) is 6. The molecule has 3 heterocycles. The van der Waals surface area contributed by atoms with Gasteiger partial charge in [-0.15, -0.1) is 0 Å². The van der Waals surface area contributed by atoms with E-state index in [2.05, 4.69) is 38.5 Å².